The fraction of sp³-hybridized carbons (Fsp3) is 0.800. The van der Waals surface area contributed by atoms with Crippen LogP contribution in [0, 0.1) is 5.92 Å². The van der Waals surface area contributed by atoms with E-state index in [2.05, 4.69) is 32.9 Å². The molecular weight excluding hydrogens is 120 g/mol. The first-order valence-corrected chi connectivity index (χ1v) is 4.46. The van der Waals surface area contributed by atoms with Gasteiger partial charge in [0.2, 0.25) is 0 Å². The van der Waals surface area contributed by atoms with Crippen LogP contribution in [-0.4, -0.2) is 0 Å². The van der Waals surface area contributed by atoms with Gasteiger partial charge < -0.3 is 0 Å². The first-order valence-electron chi connectivity index (χ1n) is 4.46. The second-order valence-electron chi connectivity index (χ2n) is 2.83. The number of allylic oxidation sites excluding steroid dienone is 2. The summed E-state index contributed by atoms with van der Waals surface area (Å²) in [7, 11) is 0. The van der Waals surface area contributed by atoms with Gasteiger partial charge in [0.05, 0.1) is 0 Å². The van der Waals surface area contributed by atoms with Crippen LogP contribution in [0.2, 0.25) is 0 Å². The molecule has 0 aliphatic heterocycles. The lowest BCUT2D eigenvalue weighted by Gasteiger charge is -2.08. The van der Waals surface area contributed by atoms with Crippen molar-refractivity contribution in [2.75, 3.05) is 0 Å². The van der Waals surface area contributed by atoms with Crippen LogP contribution in [0.1, 0.15) is 46.5 Å². The van der Waals surface area contributed by atoms with E-state index in [0.717, 1.165) is 5.92 Å². The Kier molecular flexibility index (Phi) is 6.68. The average Bonchev–Trinajstić information content (AvgIpc) is 1.99. The molecule has 0 amide bonds. The lowest BCUT2D eigenvalue weighted by Crippen LogP contribution is -1.94. The van der Waals surface area contributed by atoms with Crippen molar-refractivity contribution in [1.29, 1.82) is 0 Å². The fourth-order valence-electron chi connectivity index (χ4n) is 1.20. The molecule has 0 bridgehead atoms. The zero-order valence-electron chi connectivity index (χ0n) is 7.56. The topological polar surface area (TPSA) is 0 Å². The third-order valence-electron chi connectivity index (χ3n) is 2.13. The molecule has 0 unspecified atom stereocenters. The second kappa shape index (κ2) is 6.85. The fourth-order valence-corrected chi connectivity index (χ4v) is 1.20. The van der Waals surface area contributed by atoms with E-state index < -0.39 is 0 Å². The molecule has 0 nitrogen and oxygen atoms in total. The van der Waals surface area contributed by atoms with Crippen LogP contribution in [0.5, 0.6) is 0 Å². The normalized spacial score (nSPS) is 11.6. The molecule has 0 fully saturated rings. The summed E-state index contributed by atoms with van der Waals surface area (Å²) >= 11 is 0. The highest BCUT2D eigenvalue weighted by Crippen LogP contribution is 2.14. The van der Waals surface area contributed by atoms with E-state index in [1.807, 2.05) is 0 Å². The first-order chi connectivity index (χ1) is 4.85. The van der Waals surface area contributed by atoms with Crippen LogP contribution in [0.25, 0.3) is 0 Å². The van der Waals surface area contributed by atoms with E-state index in [1.165, 1.54) is 25.7 Å². The van der Waals surface area contributed by atoms with E-state index in [1.54, 1.807) is 0 Å². The van der Waals surface area contributed by atoms with Crippen LogP contribution in [0.15, 0.2) is 12.2 Å². The Hall–Kier alpha value is -0.260. The van der Waals surface area contributed by atoms with Gasteiger partial charge in [0.25, 0.3) is 0 Å². The maximum atomic E-state index is 2.28. The standard InChI is InChI=1S/C10H20/c1-4-7-8-9-10(5-2)6-3/h4,7,10H,5-6,8-9H2,1-3H3/b7-4-. The SMILES string of the molecule is C/C=C\CCC(CC)CC. The van der Waals surface area contributed by atoms with Gasteiger partial charge in [-0.25, -0.2) is 0 Å². The lowest BCUT2D eigenvalue weighted by molar-refractivity contribution is 0.460. The average molecular weight is 140 g/mol. The van der Waals surface area contributed by atoms with Gasteiger partial charge in [-0.1, -0.05) is 38.8 Å². The van der Waals surface area contributed by atoms with E-state index in [-0.39, 0.29) is 0 Å². The lowest BCUT2D eigenvalue weighted by atomic mass is 9.98. The molecule has 0 aliphatic rings. The van der Waals surface area contributed by atoms with Gasteiger partial charge in [0.1, 0.15) is 0 Å². The summed E-state index contributed by atoms with van der Waals surface area (Å²) in [5, 5.41) is 0. The highest BCUT2D eigenvalue weighted by molar-refractivity contribution is 4.77. The van der Waals surface area contributed by atoms with Gasteiger partial charge in [-0.2, -0.15) is 0 Å². The summed E-state index contributed by atoms with van der Waals surface area (Å²) < 4.78 is 0. The minimum absolute atomic E-state index is 0.955. The minimum Gasteiger partial charge on any atom is -0.0917 e. The summed E-state index contributed by atoms with van der Waals surface area (Å²) in [5.74, 6) is 0.955. The molecule has 0 rings (SSSR count). The zero-order chi connectivity index (χ0) is 7.82. The zero-order valence-corrected chi connectivity index (χ0v) is 7.56. The molecule has 0 N–H and O–H groups in total. The molecular formula is C10H20. The molecule has 0 spiro atoms. The van der Waals surface area contributed by atoms with Crippen molar-refractivity contribution in [3.05, 3.63) is 12.2 Å². The van der Waals surface area contributed by atoms with Gasteiger partial charge in [-0.3, -0.25) is 0 Å². The molecule has 0 saturated carbocycles. The number of rotatable bonds is 5. The Balaban J connectivity index is 3.25. The minimum atomic E-state index is 0.955. The van der Waals surface area contributed by atoms with Crippen molar-refractivity contribution in [3.8, 4) is 0 Å². The number of hydrogen-bond acceptors (Lipinski definition) is 0. The summed E-state index contributed by atoms with van der Waals surface area (Å²) in [6.07, 6.45) is 9.73. The summed E-state index contributed by atoms with van der Waals surface area (Å²) in [6, 6.07) is 0. The van der Waals surface area contributed by atoms with Crippen molar-refractivity contribution in [3.63, 3.8) is 0 Å². The largest absolute Gasteiger partial charge is 0.0917 e. The Morgan fingerprint density at radius 1 is 1.20 bits per heavy atom. The van der Waals surface area contributed by atoms with E-state index in [0.29, 0.717) is 0 Å². The van der Waals surface area contributed by atoms with Gasteiger partial charge >= 0.3 is 0 Å². The molecule has 0 heterocycles. The predicted octanol–water partition coefficient (Wildman–Crippen LogP) is 3.78. The second-order valence-corrected chi connectivity index (χ2v) is 2.83. The molecule has 0 heteroatoms. The van der Waals surface area contributed by atoms with Crippen LogP contribution >= 0.6 is 0 Å². The van der Waals surface area contributed by atoms with Gasteiger partial charge in [-0.15, -0.1) is 0 Å². The third-order valence-corrected chi connectivity index (χ3v) is 2.13. The van der Waals surface area contributed by atoms with E-state index in [4.69, 9.17) is 0 Å². The number of hydrogen-bond donors (Lipinski definition) is 0. The molecule has 0 atom stereocenters. The van der Waals surface area contributed by atoms with Crippen molar-refractivity contribution in [2.45, 2.75) is 46.5 Å². The molecule has 0 aliphatic carbocycles. The molecule has 0 aromatic heterocycles. The predicted molar refractivity (Wildman–Crippen MR) is 48.1 cm³/mol. The smallest absolute Gasteiger partial charge is 0.0348 e. The highest BCUT2D eigenvalue weighted by Gasteiger charge is 1.99. The Morgan fingerprint density at radius 3 is 2.20 bits per heavy atom. The Morgan fingerprint density at radius 2 is 1.80 bits per heavy atom. The van der Waals surface area contributed by atoms with Crippen molar-refractivity contribution < 1.29 is 0 Å². The van der Waals surface area contributed by atoms with Crippen LogP contribution < -0.4 is 0 Å². The van der Waals surface area contributed by atoms with Gasteiger partial charge in [-0.05, 0) is 25.7 Å². The Bertz CT molecular complexity index is 78.0. The summed E-state index contributed by atoms with van der Waals surface area (Å²) in [5.41, 5.74) is 0. The highest BCUT2D eigenvalue weighted by atomic mass is 14.1. The summed E-state index contributed by atoms with van der Waals surface area (Å²) in [6.45, 7) is 6.65. The monoisotopic (exact) mass is 140 g/mol. The quantitative estimate of drug-likeness (QED) is 0.510. The molecule has 0 aromatic rings. The first kappa shape index (κ1) is 9.74. The third kappa shape index (κ3) is 4.60. The van der Waals surface area contributed by atoms with E-state index >= 15 is 0 Å². The molecule has 60 valence electrons. The maximum absolute atomic E-state index is 2.28. The molecule has 0 radical (unpaired) electrons. The van der Waals surface area contributed by atoms with Crippen molar-refractivity contribution in [2.24, 2.45) is 5.92 Å². The summed E-state index contributed by atoms with van der Waals surface area (Å²) in [4.78, 5) is 0. The molecule has 10 heavy (non-hydrogen) atoms. The molecule has 0 aromatic carbocycles. The van der Waals surface area contributed by atoms with Crippen molar-refractivity contribution in [1.82, 2.24) is 0 Å². The Labute approximate surface area is 65.3 Å². The molecule has 0 saturated heterocycles. The van der Waals surface area contributed by atoms with Crippen LogP contribution in [0.4, 0.5) is 0 Å². The van der Waals surface area contributed by atoms with Gasteiger partial charge in [0.15, 0.2) is 0 Å². The van der Waals surface area contributed by atoms with Gasteiger partial charge in [0, 0.05) is 0 Å². The van der Waals surface area contributed by atoms with Crippen LogP contribution in [-0.2, 0) is 0 Å². The van der Waals surface area contributed by atoms with Crippen molar-refractivity contribution >= 4 is 0 Å². The van der Waals surface area contributed by atoms with E-state index in [9.17, 15) is 0 Å². The van der Waals surface area contributed by atoms with Crippen LogP contribution in [0.3, 0.4) is 0 Å². The maximum Gasteiger partial charge on any atom is -0.0348 e.